The van der Waals surface area contributed by atoms with Crippen molar-refractivity contribution in [3.8, 4) is 0 Å². The summed E-state index contributed by atoms with van der Waals surface area (Å²) >= 11 is 0. The molecule has 0 aliphatic rings. The average molecular weight is 201 g/mol. The van der Waals surface area contributed by atoms with E-state index in [4.69, 9.17) is 0 Å². The van der Waals surface area contributed by atoms with Crippen molar-refractivity contribution in [1.29, 1.82) is 0 Å². The van der Waals surface area contributed by atoms with Crippen LogP contribution in [0.2, 0.25) is 0 Å². The average Bonchev–Trinajstić information content (AvgIpc) is 2.12. The fourth-order valence-corrected chi connectivity index (χ4v) is 1.42. The van der Waals surface area contributed by atoms with Gasteiger partial charge >= 0.3 is 0 Å². The molecule has 0 bridgehead atoms. The van der Waals surface area contributed by atoms with Crippen LogP contribution in [-0.2, 0) is 4.79 Å². The van der Waals surface area contributed by atoms with Gasteiger partial charge in [-0.25, -0.2) is 0 Å². The number of quaternary nitrogens is 1. The van der Waals surface area contributed by atoms with Gasteiger partial charge in [0.05, 0.1) is 20.6 Å². The van der Waals surface area contributed by atoms with Gasteiger partial charge in [0.15, 0.2) is 0 Å². The second kappa shape index (κ2) is 4.57. The van der Waals surface area contributed by atoms with Crippen LogP contribution >= 0.6 is 0 Å². The van der Waals surface area contributed by atoms with Crippen LogP contribution in [0, 0.1) is 0 Å². The number of hydrogen-bond acceptors (Lipinski definition) is 3. The van der Waals surface area contributed by atoms with Gasteiger partial charge in [0.2, 0.25) is 5.72 Å². The standard InChI is InChI=1S/C10H19NO3/c1-5-7-8-11(3,4)10(14,6-2)9(12)13/h5,14H,1,6-8H2,2-4H3. The van der Waals surface area contributed by atoms with Crippen molar-refractivity contribution in [2.24, 2.45) is 0 Å². The molecule has 82 valence electrons. The molecule has 0 aromatic rings. The van der Waals surface area contributed by atoms with Crippen molar-refractivity contribution in [3.05, 3.63) is 12.7 Å². The maximum atomic E-state index is 10.9. The third-order valence-electron chi connectivity index (χ3n) is 2.71. The van der Waals surface area contributed by atoms with Crippen LogP contribution in [0.25, 0.3) is 0 Å². The molecule has 0 aliphatic carbocycles. The van der Waals surface area contributed by atoms with E-state index in [-0.39, 0.29) is 10.9 Å². The Morgan fingerprint density at radius 2 is 2.14 bits per heavy atom. The van der Waals surface area contributed by atoms with Crippen LogP contribution in [0.1, 0.15) is 19.8 Å². The van der Waals surface area contributed by atoms with Gasteiger partial charge in [0, 0.05) is 12.8 Å². The summed E-state index contributed by atoms with van der Waals surface area (Å²) in [6.07, 6.45) is 2.48. The van der Waals surface area contributed by atoms with Crippen molar-refractivity contribution >= 4 is 5.97 Å². The van der Waals surface area contributed by atoms with Crippen LogP contribution in [0.4, 0.5) is 0 Å². The van der Waals surface area contributed by atoms with Crippen molar-refractivity contribution in [3.63, 3.8) is 0 Å². The quantitative estimate of drug-likeness (QED) is 0.357. The summed E-state index contributed by atoms with van der Waals surface area (Å²) in [4.78, 5) is 10.9. The molecule has 0 aliphatic heterocycles. The van der Waals surface area contributed by atoms with E-state index < -0.39 is 11.7 Å². The smallest absolute Gasteiger partial charge is 0.241 e. The summed E-state index contributed by atoms with van der Waals surface area (Å²) in [6, 6.07) is 0. The van der Waals surface area contributed by atoms with Gasteiger partial charge in [-0.3, -0.25) is 4.48 Å². The molecular weight excluding hydrogens is 182 g/mol. The molecule has 0 amide bonds. The molecule has 0 heterocycles. The predicted molar refractivity (Wildman–Crippen MR) is 52.0 cm³/mol. The summed E-state index contributed by atoms with van der Waals surface area (Å²) in [5.74, 6) is -1.42. The SMILES string of the molecule is C=CCC[N+](C)(C)C(O)(CC)C(=O)[O-]. The largest absolute Gasteiger partial charge is 0.542 e. The molecule has 0 saturated heterocycles. The van der Waals surface area contributed by atoms with Gasteiger partial charge in [0.25, 0.3) is 0 Å². The molecule has 0 fully saturated rings. The maximum Gasteiger partial charge on any atom is 0.241 e. The Morgan fingerprint density at radius 3 is 2.43 bits per heavy atom. The molecule has 0 radical (unpaired) electrons. The molecule has 1 atom stereocenters. The van der Waals surface area contributed by atoms with E-state index in [1.807, 2.05) is 0 Å². The second-order valence-corrected chi connectivity index (χ2v) is 3.94. The van der Waals surface area contributed by atoms with Crippen LogP contribution in [-0.4, -0.2) is 41.9 Å². The Bertz CT molecular complexity index is 225. The van der Waals surface area contributed by atoms with Gasteiger partial charge in [0.1, 0.15) is 5.97 Å². The Kier molecular flexibility index (Phi) is 4.29. The molecule has 0 aromatic carbocycles. The van der Waals surface area contributed by atoms with E-state index in [9.17, 15) is 15.0 Å². The van der Waals surface area contributed by atoms with Crippen molar-refractivity contribution in [2.45, 2.75) is 25.5 Å². The Morgan fingerprint density at radius 1 is 1.64 bits per heavy atom. The van der Waals surface area contributed by atoms with Crippen molar-refractivity contribution in [2.75, 3.05) is 20.6 Å². The van der Waals surface area contributed by atoms with Gasteiger partial charge in [-0.15, -0.1) is 6.58 Å². The predicted octanol–water partition coefficient (Wildman–Crippen LogP) is -0.513. The first kappa shape index (κ1) is 13.1. The minimum atomic E-state index is -1.82. The molecule has 4 nitrogen and oxygen atoms in total. The highest BCUT2D eigenvalue weighted by Crippen LogP contribution is 2.21. The molecule has 0 spiro atoms. The Balaban J connectivity index is 4.80. The molecule has 1 unspecified atom stereocenters. The van der Waals surface area contributed by atoms with Crippen LogP contribution in [0.5, 0.6) is 0 Å². The minimum absolute atomic E-state index is 0.0160. The number of carbonyl (C=O) groups excluding carboxylic acids is 1. The number of aliphatic hydroxyl groups is 1. The van der Waals surface area contributed by atoms with Crippen LogP contribution in [0.15, 0.2) is 12.7 Å². The molecular formula is C10H19NO3. The maximum absolute atomic E-state index is 10.9. The summed E-state index contributed by atoms with van der Waals surface area (Å²) in [6.45, 7) is 5.71. The lowest BCUT2D eigenvalue weighted by Crippen LogP contribution is -2.67. The van der Waals surface area contributed by atoms with Gasteiger partial charge in [-0.05, 0) is 0 Å². The molecule has 1 N–H and O–H groups in total. The van der Waals surface area contributed by atoms with Crippen molar-refractivity contribution < 1.29 is 19.5 Å². The van der Waals surface area contributed by atoms with Gasteiger partial charge in [-0.1, -0.05) is 13.0 Å². The first-order valence-corrected chi connectivity index (χ1v) is 4.69. The number of aliphatic carboxylic acids is 1. The molecule has 14 heavy (non-hydrogen) atoms. The monoisotopic (exact) mass is 201 g/mol. The summed E-state index contributed by atoms with van der Waals surface area (Å²) in [5, 5.41) is 20.8. The first-order chi connectivity index (χ1) is 6.31. The lowest BCUT2D eigenvalue weighted by atomic mass is 10.1. The van der Waals surface area contributed by atoms with Crippen molar-refractivity contribution in [1.82, 2.24) is 0 Å². The third-order valence-corrected chi connectivity index (χ3v) is 2.71. The van der Waals surface area contributed by atoms with Crippen LogP contribution < -0.4 is 5.11 Å². The van der Waals surface area contributed by atoms with Gasteiger partial charge in [-0.2, -0.15) is 0 Å². The second-order valence-electron chi connectivity index (χ2n) is 3.94. The molecule has 0 saturated carbocycles. The summed E-state index contributed by atoms with van der Waals surface area (Å²) in [5.41, 5.74) is -1.82. The molecule has 4 heteroatoms. The van der Waals surface area contributed by atoms with E-state index in [0.717, 1.165) is 0 Å². The number of hydrogen-bond donors (Lipinski definition) is 1. The van der Waals surface area contributed by atoms with E-state index in [1.165, 1.54) is 0 Å². The van der Waals surface area contributed by atoms with E-state index in [2.05, 4.69) is 6.58 Å². The van der Waals surface area contributed by atoms with E-state index in [1.54, 1.807) is 27.1 Å². The van der Waals surface area contributed by atoms with E-state index in [0.29, 0.717) is 13.0 Å². The number of carbonyl (C=O) groups is 1. The molecule has 0 rings (SSSR count). The fourth-order valence-electron chi connectivity index (χ4n) is 1.42. The topological polar surface area (TPSA) is 60.4 Å². The Labute approximate surface area is 85.1 Å². The third kappa shape index (κ3) is 2.33. The zero-order chi connectivity index (χ0) is 11.4. The van der Waals surface area contributed by atoms with E-state index >= 15 is 0 Å². The normalized spacial score (nSPS) is 16.0. The highest BCUT2D eigenvalue weighted by atomic mass is 16.4. The summed E-state index contributed by atoms with van der Waals surface area (Å²) < 4.78 is -0.0160. The number of rotatable bonds is 6. The van der Waals surface area contributed by atoms with Crippen LogP contribution in [0.3, 0.4) is 0 Å². The number of carboxylic acids is 1. The number of likely N-dealkylation sites (N-methyl/N-ethyl adjacent to an activating group) is 1. The zero-order valence-corrected chi connectivity index (χ0v) is 9.12. The minimum Gasteiger partial charge on any atom is -0.542 e. The lowest BCUT2D eigenvalue weighted by molar-refractivity contribution is -0.958. The lowest BCUT2D eigenvalue weighted by Gasteiger charge is -2.44. The number of nitrogens with zero attached hydrogens (tertiary/aromatic N) is 1. The molecule has 0 aromatic heterocycles. The highest BCUT2D eigenvalue weighted by molar-refractivity contribution is 5.72. The highest BCUT2D eigenvalue weighted by Gasteiger charge is 2.43. The first-order valence-electron chi connectivity index (χ1n) is 4.69. The Hall–Kier alpha value is -0.870. The zero-order valence-electron chi connectivity index (χ0n) is 9.12. The number of carboxylic acid groups (broad SMARTS) is 1. The van der Waals surface area contributed by atoms with Gasteiger partial charge < -0.3 is 15.0 Å². The summed E-state index contributed by atoms with van der Waals surface area (Å²) in [7, 11) is 3.34. The fraction of sp³-hybridized carbons (Fsp3) is 0.700.